The summed E-state index contributed by atoms with van der Waals surface area (Å²) < 4.78 is 27.0. The number of amides is 1. The maximum Gasteiger partial charge on any atom is 0.274 e. The second-order valence-corrected chi connectivity index (χ2v) is 7.03. The second kappa shape index (κ2) is 5.31. The largest absolute Gasteiger partial charge is 0.345 e. The molecule has 8 nitrogen and oxygen atoms in total. The molecule has 2 rings (SSSR count). The third-order valence-electron chi connectivity index (χ3n) is 2.54. The zero-order valence-corrected chi connectivity index (χ0v) is 12.7. The zero-order chi connectivity index (χ0) is 14.9. The van der Waals surface area contributed by atoms with E-state index in [0.29, 0.717) is 5.13 Å². The maximum absolute atomic E-state index is 12.1. The van der Waals surface area contributed by atoms with E-state index >= 15 is 0 Å². The van der Waals surface area contributed by atoms with Gasteiger partial charge in [0.2, 0.25) is 15.2 Å². The molecule has 1 amide bonds. The van der Waals surface area contributed by atoms with E-state index in [4.69, 9.17) is 0 Å². The number of anilines is 1. The van der Waals surface area contributed by atoms with Gasteiger partial charge in [-0.25, -0.2) is 13.1 Å². The van der Waals surface area contributed by atoms with Crippen LogP contribution in [-0.2, 0) is 17.1 Å². The molecule has 20 heavy (non-hydrogen) atoms. The lowest BCUT2D eigenvalue weighted by Crippen LogP contribution is -2.18. The molecule has 0 radical (unpaired) electrons. The highest BCUT2D eigenvalue weighted by atomic mass is 32.2. The van der Waals surface area contributed by atoms with E-state index in [1.54, 1.807) is 14.0 Å². The Hall–Kier alpha value is -1.78. The van der Waals surface area contributed by atoms with E-state index in [1.807, 2.05) is 0 Å². The van der Waals surface area contributed by atoms with Gasteiger partial charge < -0.3 is 4.57 Å². The number of nitrogens with one attached hydrogen (secondary N) is 2. The van der Waals surface area contributed by atoms with Gasteiger partial charge in [-0.3, -0.25) is 10.1 Å². The number of carbonyl (C=O) groups is 1. The Kier molecular flexibility index (Phi) is 3.88. The summed E-state index contributed by atoms with van der Waals surface area (Å²) in [5, 5.41) is 11.2. The lowest BCUT2D eigenvalue weighted by Gasteiger charge is -2.01. The first-order valence-corrected chi connectivity index (χ1v) is 7.85. The quantitative estimate of drug-likeness (QED) is 0.846. The van der Waals surface area contributed by atoms with E-state index < -0.39 is 15.9 Å². The molecule has 0 aromatic carbocycles. The maximum atomic E-state index is 12.1. The van der Waals surface area contributed by atoms with Gasteiger partial charge in [0.1, 0.15) is 15.6 Å². The van der Waals surface area contributed by atoms with E-state index in [1.165, 1.54) is 35.2 Å². The second-order valence-electron chi connectivity index (χ2n) is 3.96. The smallest absolute Gasteiger partial charge is 0.274 e. The van der Waals surface area contributed by atoms with Crippen LogP contribution in [0, 0.1) is 6.92 Å². The average Bonchev–Trinajstić information content (AvgIpc) is 2.96. The highest BCUT2D eigenvalue weighted by Crippen LogP contribution is 2.17. The molecule has 0 fully saturated rings. The van der Waals surface area contributed by atoms with Crippen molar-refractivity contribution >= 4 is 32.4 Å². The van der Waals surface area contributed by atoms with Crippen molar-refractivity contribution in [1.29, 1.82) is 0 Å². The van der Waals surface area contributed by atoms with Crippen molar-refractivity contribution in [3.05, 3.63) is 23.0 Å². The van der Waals surface area contributed by atoms with Gasteiger partial charge in [-0.1, -0.05) is 11.3 Å². The van der Waals surface area contributed by atoms with Crippen molar-refractivity contribution in [2.75, 3.05) is 12.4 Å². The molecule has 0 bridgehead atoms. The Morgan fingerprint density at radius 1 is 1.40 bits per heavy atom. The lowest BCUT2D eigenvalue weighted by atomic mass is 10.4. The number of hydrogen-bond acceptors (Lipinski definition) is 6. The van der Waals surface area contributed by atoms with Crippen molar-refractivity contribution in [3.63, 3.8) is 0 Å². The molecule has 0 aliphatic heterocycles. The number of nitrogens with zero attached hydrogens (tertiary/aromatic N) is 3. The van der Waals surface area contributed by atoms with Crippen LogP contribution in [0.4, 0.5) is 5.13 Å². The summed E-state index contributed by atoms with van der Waals surface area (Å²) in [4.78, 5) is 12.1. The van der Waals surface area contributed by atoms with Crippen molar-refractivity contribution in [3.8, 4) is 0 Å². The predicted molar refractivity (Wildman–Crippen MR) is 74.3 cm³/mol. The topological polar surface area (TPSA) is 106 Å². The first kappa shape index (κ1) is 14.6. The molecule has 0 spiro atoms. The monoisotopic (exact) mass is 315 g/mol. The molecule has 2 heterocycles. The molecule has 0 aliphatic rings. The number of carbonyl (C=O) groups excluding carboxylic acids is 1. The number of aryl methyl sites for hydroxylation is 2. The van der Waals surface area contributed by atoms with Crippen molar-refractivity contribution < 1.29 is 13.2 Å². The molecule has 0 saturated heterocycles. The van der Waals surface area contributed by atoms with Gasteiger partial charge in [0.05, 0.1) is 0 Å². The first-order chi connectivity index (χ1) is 9.33. The Morgan fingerprint density at radius 3 is 2.65 bits per heavy atom. The Morgan fingerprint density at radius 2 is 2.10 bits per heavy atom. The fourth-order valence-corrected chi connectivity index (χ4v) is 2.92. The highest BCUT2D eigenvalue weighted by molar-refractivity contribution is 7.89. The van der Waals surface area contributed by atoms with E-state index in [2.05, 4.69) is 20.2 Å². The van der Waals surface area contributed by atoms with Crippen molar-refractivity contribution in [1.82, 2.24) is 19.5 Å². The van der Waals surface area contributed by atoms with Crippen LogP contribution in [0.2, 0.25) is 0 Å². The molecule has 0 atom stereocenters. The van der Waals surface area contributed by atoms with Crippen LogP contribution >= 0.6 is 11.3 Å². The van der Waals surface area contributed by atoms with Crippen LogP contribution in [0.25, 0.3) is 0 Å². The summed E-state index contributed by atoms with van der Waals surface area (Å²) in [5.41, 5.74) is 0.215. The third-order valence-corrected chi connectivity index (χ3v) is 4.67. The van der Waals surface area contributed by atoms with Gasteiger partial charge in [0, 0.05) is 13.2 Å². The minimum Gasteiger partial charge on any atom is -0.345 e. The summed E-state index contributed by atoms with van der Waals surface area (Å²) in [6.07, 6.45) is 1.37. The molecule has 2 N–H and O–H groups in total. The third kappa shape index (κ3) is 2.86. The van der Waals surface area contributed by atoms with Crippen LogP contribution < -0.4 is 10.0 Å². The number of aromatic nitrogens is 3. The highest BCUT2D eigenvalue weighted by Gasteiger charge is 2.19. The van der Waals surface area contributed by atoms with Crippen LogP contribution in [0.5, 0.6) is 0 Å². The Bertz CT molecular complexity index is 747. The van der Waals surface area contributed by atoms with Gasteiger partial charge in [-0.15, -0.1) is 10.2 Å². The van der Waals surface area contributed by atoms with Crippen LogP contribution in [0.1, 0.15) is 15.5 Å². The van der Waals surface area contributed by atoms with Crippen LogP contribution in [0.3, 0.4) is 0 Å². The molecule has 0 unspecified atom stereocenters. The molecular weight excluding hydrogens is 302 g/mol. The van der Waals surface area contributed by atoms with Gasteiger partial charge in [-0.05, 0) is 20.0 Å². The Balaban J connectivity index is 2.27. The fraction of sp³-hybridized carbons (Fsp3) is 0.300. The number of rotatable bonds is 4. The minimum atomic E-state index is -3.58. The Labute approximate surface area is 119 Å². The van der Waals surface area contributed by atoms with Crippen LogP contribution in [-0.4, -0.2) is 36.1 Å². The molecular formula is C10H13N5O3S2. The average molecular weight is 315 g/mol. The number of sulfonamides is 1. The van der Waals surface area contributed by atoms with Gasteiger partial charge in [-0.2, -0.15) is 0 Å². The zero-order valence-electron chi connectivity index (χ0n) is 11.0. The van der Waals surface area contributed by atoms with Crippen molar-refractivity contribution in [2.45, 2.75) is 11.8 Å². The number of hydrogen-bond donors (Lipinski definition) is 2. The molecule has 10 heteroatoms. The summed E-state index contributed by atoms with van der Waals surface area (Å²) in [6.45, 7) is 1.77. The van der Waals surface area contributed by atoms with Gasteiger partial charge in [0.25, 0.3) is 5.91 Å². The van der Waals surface area contributed by atoms with Gasteiger partial charge in [0.15, 0.2) is 0 Å². The van der Waals surface area contributed by atoms with E-state index in [0.717, 1.165) is 5.01 Å². The molecule has 2 aromatic heterocycles. The summed E-state index contributed by atoms with van der Waals surface area (Å²) in [6, 6.07) is 1.30. The SMILES string of the molecule is CNS(=O)(=O)c1cc(C(=O)Nc2nnc(C)s2)n(C)c1. The van der Waals surface area contributed by atoms with E-state index in [9.17, 15) is 13.2 Å². The summed E-state index contributed by atoms with van der Waals surface area (Å²) in [7, 11) is -0.675. The summed E-state index contributed by atoms with van der Waals surface area (Å²) in [5.74, 6) is -0.443. The van der Waals surface area contributed by atoms with Gasteiger partial charge >= 0.3 is 0 Å². The van der Waals surface area contributed by atoms with E-state index in [-0.39, 0.29) is 10.6 Å². The lowest BCUT2D eigenvalue weighted by molar-refractivity contribution is 0.101. The molecule has 2 aromatic rings. The minimum absolute atomic E-state index is 0.0288. The first-order valence-electron chi connectivity index (χ1n) is 5.55. The molecule has 0 saturated carbocycles. The normalized spacial score (nSPS) is 11.6. The summed E-state index contributed by atoms with van der Waals surface area (Å²) >= 11 is 1.24. The molecule has 0 aliphatic carbocycles. The predicted octanol–water partition coefficient (Wildman–Crippen LogP) is 0.345. The fourth-order valence-electron chi connectivity index (χ4n) is 1.53. The van der Waals surface area contributed by atoms with Crippen LogP contribution in [0.15, 0.2) is 17.2 Å². The van der Waals surface area contributed by atoms with Crippen molar-refractivity contribution in [2.24, 2.45) is 7.05 Å². The standard InChI is InChI=1S/C10H13N5O3S2/c1-6-13-14-10(19-6)12-9(16)8-4-7(5-15(8)3)20(17,18)11-2/h4-5,11H,1-3H3,(H,12,14,16). The molecule has 108 valence electrons.